The Kier molecular flexibility index (Phi) is 7.76. The molecule has 1 amide bonds. The topological polar surface area (TPSA) is 45.9 Å². The first-order valence-corrected chi connectivity index (χ1v) is 11.5. The molecule has 31 heavy (non-hydrogen) atoms. The molecule has 2 aliphatic rings. The van der Waals surface area contributed by atoms with Crippen molar-refractivity contribution in [3.63, 3.8) is 0 Å². The minimum atomic E-state index is -0.130. The molecule has 2 aliphatic heterocycles. The molecule has 4 rings (SSSR count). The van der Waals surface area contributed by atoms with Crippen LogP contribution in [0.3, 0.4) is 0 Å². The molecule has 0 bridgehead atoms. The summed E-state index contributed by atoms with van der Waals surface area (Å²) in [5, 5.41) is 0. The van der Waals surface area contributed by atoms with Crippen LogP contribution in [-0.2, 0) is 22.5 Å². The molecule has 0 saturated carbocycles. The molecule has 0 spiro atoms. The third kappa shape index (κ3) is 6.40. The Morgan fingerprint density at radius 3 is 2.65 bits per heavy atom. The number of halogens is 1. The quantitative estimate of drug-likeness (QED) is 0.598. The van der Waals surface area contributed by atoms with Crippen molar-refractivity contribution in [1.82, 2.24) is 9.80 Å². The molecule has 2 fully saturated rings. The van der Waals surface area contributed by atoms with Gasteiger partial charge >= 0.3 is 0 Å². The van der Waals surface area contributed by atoms with Crippen molar-refractivity contribution >= 4 is 5.91 Å². The molecule has 168 valence electrons. The predicted molar refractivity (Wildman–Crippen MR) is 117 cm³/mol. The van der Waals surface area contributed by atoms with Gasteiger partial charge in [-0.3, -0.25) is 9.69 Å². The first kappa shape index (κ1) is 22.0. The van der Waals surface area contributed by atoms with E-state index < -0.39 is 0 Å². The third-order valence-electron chi connectivity index (χ3n) is 6.50. The average molecular weight is 429 g/mol. The highest BCUT2D eigenvalue weighted by Crippen LogP contribution is 2.23. The van der Waals surface area contributed by atoms with Crippen LogP contribution in [0, 0.1) is 11.7 Å². The molecule has 0 N–H and O–H groups in total. The lowest BCUT2D eigenvalue weighted by atomic mass is 9.95. The second-order valence-electron chi connectivity index (χ2n) is 8.82. The van der Waals surface area contributed by atoms with E-state index in [1.165, 1.54) is 6.07 Å². The lowest BCUT2D eigenvalue weighted by Crippen LogP contribution is -2.43. The molecule has 0 aliphatic carbocycles. The number of likely N-dealkylation sites (tertiary alicyclic amines) is 1. The smallest absolute Gasteiger partial charge is 0.223 e. The van der Waals surface area contributed by atoms with Crippen molar-refractivity contribution in [3.05, 3.63) is 59.8 Å². The van der Waals surface area contributed by atoms with Crippen molar-refractivity contribution in [1.29, 1.82) is 0 Å². The molecule has 3 heterocycles. The van der Waals surface area contributed by atoms with Gasteiger partial charge in [0.1, 0.15) is 11.6 Å². The van der Waals surface area contributed by atoms with E-state index in [4.69, 9.17) is 9.15 Å². The van der Waals surface area contributed by atoms with Crippen LogP contribution in [0.5, 0.6) is 0 Å². The summed E-state index contributed by atoms with van der Waals surface area (Å²) in [5.74, 6) is 1.38. The van der Waals surface area contributed by atoms with Crippen molar-refractivity contribution < 1.29 is 18.3 Å². The second kappa shape index (κ2) is 10.9. The summed E-state index contributed by atoms with van der Waals surface area (Å²) in [6, 6.07) is 10.8. The van der Waals surface area contributed by atoms with Crippen LogP contribution in [0.2, 0.25) is 0 Å². The third-order valence-corrected chi connectivity index (χ3v) is 6.50. The molecule has 0 radical (unpaired) electrons. The Bertz CT molecular complexity index is 812. The summed E-state index contributed by atoms with van der Waals surface area (Å²) >= 11 is 0. The predicted octanol–water partition coefficient (Wildman–Crippen LogP) is 4.27. The Balaban J connectivity index is 1.29. The zero-order valence-corrected chi connectivity index (χ0v) is 18.2. The molecule has 1 atom stereocenters. The highest BCUT2D eigenvalue weighted by molar-refractivity contribution is 5.76. The van der Waals surface area contributed by atoms with Crippen molar-refractivity contribution in [2.75, 3.05) is 32.8 Å². The Hall–Kier alpha value is -2.18. The van der Waals surface area contributed by atoms with Gasteiger partial charge in [0.2, 0.25) is 5.91 Å². The number of rotatable bonds is 9. The monoisotopic (exact) mass is 428 g/mol. The maximum atomic E-state index is 14.0. The van der Waals surface area contributed by atoms with E-state index in [9.17, 15) is 9.18 Å². The van der Waals surface area contributed by atoms with Crippen LogP contribution >= 0.6 is 0 Å². The SMILES string of the molecule is O=C(CCc1ccco1)N(CC1CCN(Cc2ccccc2F)CC1)CC1CCCO1. The van der Waals surface area contributed by atoms with Crippen LogP contribution in [-0.4, -0.2) is 54.6 Å². The Morgan fingerprint density at radius 2 is 1.94 bits per heavy atom. The molecule has 1 aromatic heterocycles. The van der Waals surface area contributed by atoms with Crippen molar-refractivity contribution in [2.45, 2.75) is 51.2 Å². The number of hydrogen-bond donors (Lipinski definition) is 0. The minimum absolute atomic E-state index is 0.130. The average Bonchev–Trinajstić information content (AvgIpc) is 3.49. The maximum Gasteiger partial charge on any atom is 0.223 e. The Labute approximate surface area is 184 Å². The zero-order valence-electron chi connectivity index (χ0n) is 18.2. The number of furan rings is 1. The minimum Gasteiger partial charge on any atom is -0.469 e. The molecule has 2 saturated heterocycles. The number of carbonyl (C=O) groups is 1. The van der Waals surface area contributed by atoms with Gasteiger partial charge in [-0.1, -0.05) is 18.2 Å². The van der Waals surface area contributed by atoms with E-state index in [2.05, 4.69) is 4.90 Å². The lowest BCUT2D eigenvalue weighted by Gasteiger charge is -2.35. The van der Waals surface area contributed by atoms with Crippen LogP contribution in [0.25, 0.3) is 0 Å². The molecule has 1 unspecified atom stereocenters. The number of aryl methyl sites for hydroxylation is 1. The van der Waals surface area contributed by atoms with Gasteiger partial charge in [0, 0.05) is 44.6 Å². The summed E-state index contributed by atoms with van der Waals surface area (Å²) in [5.41, 5.74) is 0.758. The summed E-state index contributed by atoms with van der Waals surface area (Å²) in [7, 11) is 0. The number of benzene rings is 1. The zero-order chi connectivity index (χ0) is 21.5. The fourth-order valence-corrected chi connectivity index (χ4v) is 4.66. The molecule has 1 aromatic carbocycles. The highest BCUT2D eigenvalue weighted by Gasteiger charge is 2.27. The van der Waals surface area contributed by atoms with Gasteiger partial charge in [0.25, 0.3) is 0 Å². The number of hydrogen-bond acceptors (Lipinski definition) is 4. The van der Waals surface area contributed by atoms with E-state index in [1.54, 1.807) is 12.3 Å². The number of piperidine rings is 1. The summed E-state index contributed by atoms with van der Waals surface area (Å²) in [6.07, 6.45) is 7.08. The van der Waals surface area contributed by atoms with Gasteiger partial charge in [-0.15, -0.1) is 0 Å². The van der Waals surface area contributed by atoms with Gasteiger partial charge in [-0.2, -0.15) is 0 Å². The van der Waals surface area contributed by atoms with Crippen molar-refractivity contribution in [2.24, 2.45) is 5.92 Å². The van der Waals surface area contributed by atoms with Crippen LogP contribution < -0.4 is 0 Å². The molecule has 2 aromatic rings. The van der Waals surface area contributed by atoms with Crippen molar-refractivity contribution in [3.8, 4) is 0 Å². The van der Waals surface area contributed by atoms with Crippen LogP contribution in [0.15, 0.2) is 47.1 Å². The van der Waals surface area contributed by atoms with Crippen LogP contribution in [0.1, 0.15) is 43.4 Å². The van der Waals surface area contributed by atoms with E-state index in [0.717, 1.165) is 63.2 Å². The van der Waals surface area contributed by atoms with Gasteiger partial charge in [-0.05, 0) is 62.9 Å². The number of amides is 1. The lowest BCUT2D eigenvalue weighted by molar-refractivity contribution is -0.133. The largest absolute Gasteiger partial charge is 0.469 e. The fraction of sp³-hybridized carbons (Fsp3) is 0.560. The summed E-state index contributed by atoms with van der Waals surface area (Å²) in [6.45, 7) is 4.80. The van der Waals surface area contributed by atoms with Gasteiger partial charge in [-0.25, -0.2) is 4.39 Å². The highest BCUT2D eigenvalue weighted by atomic mass is 19.1. The fourth-order valence-electron chi connectivity index (χ4n) is 4.66. The second-order valence-corrected chi connectivity index (χ2v) is 8.82. The maximum absolute atomic E-state index is 14.0. The number of carbonyl (C=O) groups excluding carboxylic acids is 1. The van der Waals surface area contributed by atoms with Gasteiger partial charge in [0.15, 0.2) is 0 Å². The standard InChI is InChI=1S/C25H33FN2O3/c26-24-8-2-1-5-21(24)18-27-13-11-20(12-14-27)17-28(19-23-7-4-16-31-23)25(29)10-9-22-6-3-15-30-22/h1-3,5-6,8,15,20,23H,4,7,9-14,16-19H2. The molecule has 6 heteroatoms. The normalized spacial score (nSPS) is 20.2. The Morgan fingerprint density at radius 1 is 1.10 bits per heavy atom. The molecular formula is C25H33FN2O3. The number of nitrogens with zero attached hydrogens (tertiary/aromatic N) is 2. The van der Waals surface area contributed by atoms with Crippen LogP contribution in [0.4, 0.5) is 4.39 Å². The number of ether oxygens (including phenoxy) is 1. The molecular weight excluding hydrogens is 395 g/mol. The first-order valence-electron chi connectivity index (χ1n) is 11.5. The van der Waals surface area contributed by atoms with Gasteiger partial charge in [0.05, 0.1) is 12.4 Å². The summed E-state index contributed by atoms with van der Waals surface area (Å²) in [4.78, 5) is 17.4. The van der Waals surface area contributed by atoms with E-state index in [1.807, 2.05) is 29.2 Å². The van der Waals surface area contributed by atoms with Gasteiger partial charge < -0.3 is 14.1 Å². The van der Waals surface area contributed by atoms with E-state index in [0.29, 0.717) is 31.8 Å². The van der Waals surface area contributed by atoms with E-state index >= 15 is 0 Å². The van der Waals surface area contributed by atoms with E-state index in [-0.39, 0.29) is 17.8 Å². The first-order chi connectivity index (χ1) is 15.2. The summed E-state index contributed by atoms with van der Waals surface area (Å²) < 4.78 is 25.2. The molecule has 5 nitrogen and oxygen atoms in total.